The molecular formula is C10H20N2. The van der Waals surface area contributed by atoms with Crippen molar-refractivity contribution in [1.82, 2.24) is 5.32 Å². The predicted octanol–water partition coefficient (Wildman–Crippen LogP) is 1.25. The van der Waals surface area contributed by atoms with Crippen LogP contribution in [-0.4, -0.2) is 18.1 Å². The SMILES string of the molecule is CC1CCCC1NC1CC(N)C1. The number of rotatable bonds is 2. The Morgan fingerprint density at radius 3 is 2.50 bits per heavy atom. The second-order valence-corrected chi connectivity index (χ2v) is 4.61. The van der Waals surface area contributed by atoms with E-state index in [2.05, 4.69) is 12.2 Å². The molecule has 2 atom stereocenters. The maximum Gasteiger partial charge on any atom is 0.00992 e. The molecule has 0 heterocycles. The van der Waals surface area contributed by atoms with Crippen molar-refractivity contribution in [3.63, 3.8) is 0 Å². The van der Waals surface area contributed by atoms with E-state index in [0.29, 0.717) is 6.04 Å². The molecular weight excluding hydrogens is 148 g/mol. The highest BCUT2D eigenvalue weighted by molar-refractivity contribution is 4.92. The third-order valence-corrected chi connectivity index (χ3v) is 3.49. The number of nitrogens with one attached hydrogen (secondary N) is 1. The average molecular weight is 168 g/mol. The lowest BCUT2D eigenvalue weighted by atomic mass is 9.86. The highest BCUT2D eigenvalue weighted by Gasteiger charge is 2.31. The Hall–Kier alpha value is -0.0800. The molecule has 2 heteroatoms. The maximum absolute atomic E-state index is 5.74. The Kier molecular flexibility index (Phi) is 2.37. The first kappa shape index (κ1) is 8.52. The first-order chi connectivity index (χ1) is 5.75. The smallest absolute Gasteiger partial charge is 0.00992 e. The molecule has 0 aliphatic heterocycles. The molecule has 2 saturated carbocycles. The minimum absolute atomic E-state index is 0.485. The standard InChI is InChI=1S/C10H20N2/c1-7-3-2-4-10(7)12-9-5-8(11)6-9/h7-10,12H,2-6,11H2,1H3. The van der Waals surface area contributed by atoms with Gasteiger partial charge in [-0.2, -0.15) is 0 Å². The van der Waals surface area contributed by atoms with Crippen molar-refractivity contribution in [2.24, 2.45) is 11.7 Å². The van der Waals surface area contributed by atoms with Crippen LogP contribution in [0.15, 0.2) is 0 Å². The van der Waals surface area contributed by atoms with E-state index in [9.17, 15) is 0 Å². The van der Waals surface area contributed by atoms with E-state index in [1.807, 2.05) is 0 Å². The first-order valence-corrected chi connectivity index (χ1v) is 5.27. The van der Waals surface area contributed by atoms with E-state index in [4.69, 9.17) is 5.73 Å². The largest absolute Gasteiger partial charge is 0.328 e. The molecule has 0 radical (unpaired) electrons. The lowest BCUT2D eigenvalue weighted by Crippen LogP contribution is -2.52. The van der Waals surface area contributed by atoms with E-state index in [1.165, 1.54) is 32.1 Å². The van der Waals surface area contributed by atoms with Crippen LogP contribution in [0.5, 0.6) is 0 Å². The van der Waals surface area contributed by atoms with Crippen molar-refractivity contribution in [3.8, 4) is 0 Å². The molecule has 2 unspecified atom stereocenters. The summed E-state index contributed by atoms with van der Waals surface area (Å²) in [7, 11) is 0. The van der Waals surface area contributed by atoms with Gasteiger partial charge in [0.1, 0.15) is 0 Å². The van der Waals surface area contributed by atoms with Gasteiger partial charge in [-0.15, -0.1) is 0 Å². The van der Waals surface area contributed by atoms with Crippen LogP contribution in [0, 0.1) is 5.92 Å². The first-order valence-electron chi connectivity index (χ1n) is 5.27. The summed E-state index contributed by atoms with van der Waals surface area (Å²) in [5.74, 6) is 0.891. The van der Waals surface area contributed by atoms with Crippen molar-refractivity contribution >= 4 is 0 Å². The van der Waals surface area contributed by atoms with Crippen molar-refractivity contribution in [1.29, 1.82) is 0 Å². The molecule has 0 aromatic carbocycles. The predicted molar refractivity (Wildman–Crippen MR) is 50.9 cm³/mol. The summed E-state index contributed by atoms with van der Waals surface area (Å²) in [5.41, 5.74) is 5.74. The second kappa shape index (κ2) is 3.35. The summed E-state index contributed by atoms with van der Waals surface area (Å²) in [6, 6.07) is 2.02. The normalized spacial score (nSPS) is 47.5. The fourth-order valence-corrected chi connectivity index (χ4v) is 2.49. The topological polar surface area (TPSA) is 38.0 Å². The number of hydrogen-bond donors (Lipinski definition) is 2. The summed E-state index contributed by atoms with van der Waals surface area (Å²) in [6.45, 7) is 2.36. The van der Waals surface area contributed by atoms with E-state index < -0.39 is 0 Å². The van der Waals surface area contributed by atoms with Gasteiger partial charge in [-0.25, -0.2) is 0 Å². The Morgan fingerprint density at radius 1 is 1.25 bits per heavy atom. The van der Waals surface area contributed by atoms with Crippen molar-refractivity contribution in [3.05, 3.63) is 0 Å². The molecule has 0 bridgehead atoms. The van der Waals surface area contributed by atoms with E-state index in [-0.39, 0.29) is 0 Å². The van der Waals surface area contributed by atoms with Crippen LogP contribution < -0.4 is 11.1 Å². The van der Waals surface area contributed by atoms with E-state index in [0.717, 1.165) is 18.0 Å². The molecule has 3 N–H and O–H groups in total. The third kappa shape index (κ3) is 1.64. The zero-order valence-electron chi connectivity index (χ0n) is 7.92. The number of nitrogens with two attached hydrogens (primary N) is 1. The van der Waals surface area contributed by atoms with Crippen LogP contribution in [-0.2, 0) is 0 Å². The fourth-order valence-electron chi connectivity index (χ4n) is 2.49. The van der Waals surface area contributed by atoms with Gasteiger partial charge >= 0.3 is 0 Å². The van der Waals surface area contributed by atoms with Crippen molar-refractivity contribution < 1.29 is 0 Å². The molecule has 70 valence electrons. The molecule has 0 aromatic rings. The zero-order chi connectivity index (χ0) is 8.55. The van der Waals surface area contributed by atoms with Gasteiger partial charge in [-0.3, -0.25) is 0 Å². The summed E-state index contributed by atoms with van der Waals surface area (Å²) >= 11 is 0. The highest BCUT2D eigenvalue weighted by atomic mass is 15.0. The molecule has 0 amide bonds. The lowest BCUT2D eigenvalue weighted by molar-refractivity contribution is 0.249. The molecule has 2 aliphatic rings. The van der Waals surface area contributed by atoms with Gasteiger partial charge in [-0.05, 0) is 31.6 Å². The minimum atomic E-state index is 0.485. The van der Waals surface area contributed by atoms with E-state index in [1.54, 1.807) is 0 Å². The van der Waals surface area contributed by atoms with Crippen molar-refractivity contribution in [2.75, 3.05) is 0 Å². The maximum atomic E-state index is 5.74. The van der Waals surface area contributed by atoms with Crippen LogP contribution in [0.4, 0.5) is 0 Å². The van der Waals surface area contributed by atoms with Gasteiger partial charge in [0.2, 0.25) is 0 Å². The quantitative estimate of drug-likeness (QED) is 0.651. The van der Waals surface area contributed by atoms with E-state index >= 15 is 0 Å². The second-order valence-electron chi connectivity index (χ2n) is 4.61. The Labute approximate surface area is 74.9 Å². The molecule has 12 heavy (non-hydrogen) atoms. The average Bonchev–Trinajstić information content (AvgIpc) is 2.33. The van der Waals surface area contributed by atoms with Crippen LogP contribution >= 0.6 is 0 Å². The fraction of sp³-hybridized carbons (Fsp3) is 1.00. The van der Waals surface area contributed by atoms with Crippen LogP contribution in [0.1, 0.15) is 39.0 Å². The minimum Gasteiger partial charge on any atom is -0.328 e. The van der Waals surface area contributed by atoms with Gasteiger partial charge in [-0.1, -0.05) is 13.3 Å². The zero-order valence-corrected chi connectivity index (χ0v) is 7.92. The molecule has 2 aliphatic carbocycles. The Balaban J connectivity index is 1.72. The molecule has 0 saturated heterocycles. The Bertz CT molecular complexity index is 152. The molecule has 0 aromatic heterocycles. The van der Waals surface area contributed by atoms with Crippen LogP contribution in [0.25, 0.3) is 0 Å². The lowest BCUT2D eigenvalue weighted by Gasteiger charge is -2.36. The van der Waals surface area contributed by atoms with Crippen LogP contribution in [0.2, 0.25) is 0 Å². The summed E-state index contributed by atoms with van der Waals surface area (Å²) in [5, 5.41) is 3.72. The van der Waals surface area contributed by atoms with Gasteiger partial charge < -0.3 is 11.1 Å². The molecule has 2 rings (SSSR count). The summed E-state index contributed by atoms with van der Waals surface area (Å²) in [4.78, 5) is 0. The van der Waals surface area contributed by atoms with Gasteiger partial charge in [0, 0.05) is 18.1 Å². The monoisotopic (exact) mass is 168 g/mol. The van der Waals surface area contributed by atoms with Gasteiger partial charge in [0.15, 0.2) is 0 Å². The summed E-state index contributed by atoms with van der Waals surface area (Å²) < 4.78 is 0. The van der Waals surface area contributed by atoms with Crippen molar-refractivity contribution in [2.45, 2.75) is 57.2 Å². The Morgan fingerprint density at radius 2 is 2.00 bits per heavy atom. The summed E-state index contributed by atoms with van der Waals surface area (Å²) in [6.07, 6.45) is 6.60. The molecule has 0 spiro atoms. The molecule has 2 fully saturated rings. The molecule has 2 nitrogen and oxygen atoms in total. The van der Waals surface area contributed by atoms with Gasteiger partial charge in [0.05, 0.1) is 0 Å². The third-order valence-electron chi connectivity index (χ3n) is 3.49. The van der Waals surface area contributed by atoms with Gasteiger partial charge in [0.25, 0.3) is 0 Å². The van der Waals surface area contributed by atoms with Crippen LogP contribution in [0.3, 0.4) is 0 Å². The highest BCUT2D eigenvalue weighted by Crippen LogP contribution is 2.28. The number of hydrogen-bond acceptors (Lipinski definition) is 2.